The van der Waals surface area contributed by atoms with Gasteiger partial charge in [-0.2, -0.15) is 5.10 Å². The normalized spacial score (nSPS) is 26.5. The molecular weight excluding hydrogens is 406 g/mol. The standard InChI is InChI=1S/C22H28F2N4O3/c1-21(2,3)31-20(29)26-17-8-22(4,28-10-13-9-25-27-18(13)11-28)12-30-19(17)15-7-14(23)5-6-16(15)24/h5-7,9,17,19H,8,10-12H2,1-4H3,(H,25,27)(H,26,29)/t17-,19+,22?/m0/s1. The second-order valence-corrected chi connectivity index (χ2v) is 9.56. The summed E-state index contributed by atoms with van der Waals surface area (Å²) in [5.74, 6) is -1.14. The van der Waals surface area contributed by atoms with Gasteiger partial charge in [-0.3, -0.25) is 10.00 Å². The van der Waals surface area contributed by atoms with Gasteiger partial charge in [0.2, 0.25) is 0 Å². The Morgan fingerprint density at radius 2 is 2.13 bits per heavy atom. The average Bonchev–Trinajstić information content (AvgIpc) is 3.25. The molecule has 2 N–H and O–H groups in total. The number of aromatic nitrogens is 2. The summed E-state index contributed by atoms with van der Waals surface area (Å²) in [5.41, 5.74) is 1.06. The van der Waals surface area contributed by atoms with Crippen LogP contribution in [-0.2, 0) is 22.6 Å². The third kappa shape index (κ3) is 4.57. The number of amides is 1. The van der Waals surface area contributed by atoms with Crippen molar-refractivity contribution in [1.82, 2.24) is 20.4 Å². The van der Waals surface area contributed by atoms with Gasteiger partial charge in [-0.25, -0.2) is 13.6 Å². The van der Waals surface area contributed by atoms with E-state index in [1.165, 1.54) is 0 Å². The van der Waals surface area contributed by atoms with Crippen molar-refractivity contribution in [2.45, 2.75) is 70.5 Å². The lowest BCUT2D eigenvalue weighted by molar-refractivity contribution is -0.104. The molecule has 168 valence electrons. The van der Waals surface area contributed by atoms with Gasteiger partial charge in [-0.15, -0.1) is 0 Å². The Kier molecular flexibility index (Phi) is 5.51. The van der Waals surface area contributed by atoms with Crippen molar-refractivity contribution in [3.05, 3.63) is 52.9 Å². The van der Waals surface area contributed by atoms with E-state index in [-0.39, 0.29) is 5.56 Å². The number of fused-ring (bicyclic) bond motifs is 1. The van der Waals surface area contributed by atoms with Crippen LogP contribution in [-0.4, -0.2) is 45.0 Å². The first-order chi connectivity index (χ1) is 14.5. The van der Waals surface area contributed by atoms with Gasteiger partial charge in [0, 0.05) is 36.0 Å². The molecule has 31 heavy (non-hydrogen) atoms. The van der Waals surface area contributed by atoms with Crippen molar-refractivity contribution in [3.8, 4) is 0 Å². The lowest BCUT2D eigenvalue weighted by atomic mass is 9.84. The number of carbonyl (C=O) groups is 1. The second-order valence-electron chi connectivity index (χ2n) is 9.56. The largest absolute Gasteiger partial charge is 0.444 e. The number of nitrogens with one attached hydrogen (secondary N) is 2. The molecule has 2 aromatic rings. The fourth-order valence-corrected chi connectivity index (χ4v) is 4.31. The van der Waals surface area contributed by atoms with E-state index in [1.54, 1.807) is 20.8 Å². The highest BCUT2D eigenvalue weighted by atomic mass is 19.1. The van der Waals surface area contributed by atoms with Crippen molar-refractivity contribution in [3.63, 3.8) is 0 Å². The molecule has 0 aliphatic carbocycles. The maximum atomic E-state index is 14.6. The van der Waals surface area contributed by atoms with E-state index in [4.69, 9.17) is 9.47 Å². The monoisotopic (exact) mass is 434 g/mol. The van der Waals surface area contributed by atoms with Gasteiger partial charge in [0.05, 0.1) is 18.3 Å². The quantitative estimate of drug-likeness (QED) is 0.768. The van der Waals surface area contributed by atoms with Crippen molar-refractivity contribution in [2.24, 2.45) is 0 Å². The number of halogens is 2. The van der Waals surface area contributed by atoms with Crippen LogP contribution >= 0.6 is 0 Å². The molecule has 0 spiro atoms. The van der Waals surface area contributed by atoms with Crippen LogP contribution in [0, 0.1) is 11.6 Å². The van der Waals surface area contributed by atoms with E-state index in [0.717, 1.165) is 29.5 Å². The summed E-state index contributed by atoms with van der Waals surface area (Å²) in [6.07, 6.45) is 0.892. The Bertz CT molecular complexity index is 953. The molecule has 3 atom stereocenters. The predicted octanol–water partition coefficient (Wildman–Crippen LogP) is 3.82. The first kappa shape index (κ1) is 21.7. The second kappa shape index (κ2) is 7.87. The molecule has 2 aliphatic heterocycles. The van der Waals surface area contributed by atoms with Gasteiger partial charge in [-0.1, -0.05) is 0 Å². The van der Waals surface area contributed by atoms with Crippen LogP contribution in [0.15, 0.2) is 24.4 Å². The summed E-state index contributed by atoms with van der Waals surface area (Å²) >= 11 is 0. The lowest BCUT2D eigenvalue weighted by Gasteiger charge is -2.47. The van der Waals surface area contributed by atoms with Gasteiger partial charge < -0.3 is 14.8 Å². The van der Waals surface area contributed by atoms with Crippen LogP contribution in [0.2, 0.25) is 0 Å². The molecule has 9 heteroatoms. The van der Waals surface area contributed by atoms with E-state index in [9.17, 15) is 13.6 Å². The van der Waals surface area contributed by atoms with Crippen LogP contribution < -0.4 is 5.32 Å². The Balaban J connectivity index is 1.59. The van der Waals surface area contributed by atoms with Gasteiger partial charge in [0.1, 0.15) is 23.3 Å². The molecular formula is C22H28F2N4O3. The minimum atomic E-state index is -0.836. The smallest absolute Gasteiger partial charge is 0.407 e. The summed E-state index contributed by atoms with van der Waals surface area (Å²) in [7, 11) is 0. The maximum absolute atomic E-state index is 14.6. The molecule has 1 aromatic carbocycles. The molecule has 0 saturated carbocycles. The summed E-state index contributed by atoms with van der Waals surface area (Å²) in [6.45, 7) is 9.00. The van der Waals surface area contributed by atoms with E-state index < -0.39 is 41.0 Å². The van der Waals surface area contributed by atoms with Crippen molar-refractivity contribution in [2.75, 3.05) is 6.61 Å². The Morgan fingerprint density at radius 1 is 1.35 bits per heavy atom. The Hall–Kier alpha value is -2.52. The molecule has 3 heterocycles. The number of hydrogen-bond acceptors (Lipinski definition) is 5. The summed E-state index contributed by atoms with van der Waals surface area (Å²) in [5, 5.41) is 9.99. The van der Waals surface area contributed by atoms with Crippen molar-refractivity contribution in [1.29, 1.82) is 0 Å². The van der Waals surface area contributed by atoms with E-state index in [1.807, 2.05) is 13.1 Å². The first-order valence-electron chi connectivity index (χ1n) is 10.4. The summed E-state index contributed by atoms with van der Waals surface area (Å²) < 4.78 is 39.9. The average molecular weight is 434 g/mol. The molecule has 7 nitrogen and oxygen atoms in total. The zero-order valence-corrected chi connectivity index (χ0v) is 18.2. The minimum Gasteiger partial charge on any atom is -0.444 e. The third-order valence-electron chi connectivity index (χ3n) is 5.84. The highest BCUT2D eigenvalue weighted by Gasteiger charge is 2.46. The molecule has 1 fully saturated rings. The van der Waals surface area contributed by atoms with Gasteiger partial charge in [0.25, 0.3) is 0 Å². The number of hydrogen-bond donors (Lipinski definition) is 2. The number of aromatic amines is 1. The molecule has 4 rings (SSSR count). The number of rotatable bonds is 3. The van der Waals surface area contributed by atoms with Crippen LogP contribution in [0.25, 0.3) is 0 Å². The fourth-order valence-electron chi connectivity index (χ4n) is 4.31. The Labute approximate surface area is 180 Å². The first-order valence-corrected chi connectivity index (χ1v) is 10.4. The zero-order valence-electron chi connectivity index (χ0n) is 18.2. The molecule has 1 unspecified atom stereocenters. The van der Waals surface area contributed by atoms with Crippen molar-refractivity contribution < 1.29 is 23.0 Å². The lowest BCUT2D eigenvalue weighted by Crippen LogP contribution is -2.58. The van der Waals surface area contributed by atoms with E-state index in [0.29, 0.717) is 26.1 Å². The number of benzene rings is 1. The van der Waals surface area contributed by atoms with Gasteiger partial charge in [-0.05, 0) is 52.3 Å². The zero-order chi connectivity index (χ0) is 22.4. The molecule has 1 aromatic heterocycles. The third-order valence-corrected chi connectivity index (χ3v) is 5.84. The maximum Gasteiger partial charge on any atom is 0.407 e. The number of alkyl carbamates (subject to hydrolysis) is 1. The topological polar surface area (TPSA) is 79.5 Å². The molecule has 0 bridgehead atoms. The number of carbonyl (C=O) groups excluding carboxylic acids is 1. The SMILES string of the molecule is CC(C)(C)OC(=O)N[C@H]1CC(C)(N2Cc3c[nH]nc3C2)CO[C@@H]1c1cc(F)ccc1F. The van der Waals surface area contributed by atoms with Gasteiger partial charge in [0.15, 0.2) is 0 Å². The van der Waals surface area contributed by atoms with Crippen molar-refractivity contribution >= 4 is 6.09 Å². The number of H-pyrrole nitrogens is 1. The van der Waals surface area contributed by atoms with E-state index in [2.05, 4.69) is 20.4 Å². The minimum absolute atomic E-state index is 0.0812. The number of ether oxygens (including phenoxy) is 2. The van der Waals surface area contributed by atoms with Crippen LogP contribution in [0.1, 0.15) is 57.0 Å². The van der Waals surface area contributed by atoms with E-state index >= 15 is 0 Å². The van der Waals surface area contributed by atoms with Crippen LogP contribution in [0.3, 0.4) is 0 Å². The Morgan fingerprint density at radius 3 is 2.84 bits per heavy atom. The van der Waals surface area contributed by atoms with Crippen LogP contribution in [0.5, 0.6) is 0 Å². The van der Waals surface area contributed by atoms with Crippen LogP contribution in [0.4, 0.5) is 13.6 Å². The summed E-state index contributed by atoms with van der Waals surface area (Å²) in [6, 6.07) is 2.65. The highest BCUT2D eigenvalue weighted by molar-refractivity contribution is 5.68. The summed E-state index contributed by atoms with van der Waals surface area (Å²) in [4.78, 5) is 14.8. The molecule has 0 radical (unpaired) electrons. The molecule has 1 amide bonds. The predicted molar refractivity (Wildman–Crippen MR) is 109 cm³/mol. The highest BCUT2D eigenvalue weighted by Crippen LogP contribution is 2.40. The molecule has 2 aliphatic rings. The fraction of sp³-hybridized carbons (Fsp3) is 0.545. The number of nitrogens with zero attached hydrogens (tertiary/aromatic N) is 2. The van der Waals surface area contributed by atoms with Gasteiger partial charge >= 0.3 is 6.09 Å². The molecule has 1 saturated heterocycles.